The molecule has 0 radical (unpaired) electrons. The molecular formula is C14H9ClFN3O2. The standard InChI is InChI=1S/C14H9ClFN3O2/c15-10-5-7(18)4-8(14(20)21)13(10)19-12-3-1-2-11(16)9(12)6-17/h1-5,19H,18H2,(H,20,21). The van der Waals surface area contributed by atoms with Crippen molar-refractivity contribution < 1.29 is 14.3 Å². The Morgan fingerprint density at radius 1 is 1.43 bits per heavy atom. The molecule has 106 valence electrons. The minimum Gasteiger partial charge on any atom is -0.478 e. The number of halogens is 2. The highest BCUT2D eigenvalue weighted by Crippen LogP contribution is 2.33. The number of rotatable bonds is 3. The van der Waals surface area contributed by atoms with Crippen molar-refractivity contribution in [3.05, 3.63) is 52.3 Å². The van der Waals surface area contributed by atoms with Crippen LogP contribution in [0, 0.1) is 17.1 Å². The van der Waals surface area contributed by atoms with Crippen LogP contribution < -0.4 is 11.1 Å². The van der Waals surface area contributed by atoms with Crippen LogP contribution >= 0.6 is 11.6 Å². The molecule has 0 aliphatic heterocycles. The molecule has 0 bridgehead atoms. The topological polar surface area (TPSA) is 99.1 Å². The molecule has 2 aromatic carbocycles. The van der Waals surface area contributed by atoms with Crippen molar-refractivity contribution in [2.24, 2.45) is 0 Å². The number of carbonyl (C=O) groups is 1. The number of nitrogens with two attached hydrogens (primary N) is 1. The van der Waals surface area contributed by atoms with Crippen molar-refractivity contribution in [1.82, 2.24) is 0 Å². The zero-order valence-electron chi connectivity index (χ0n) is 10.5. The molecule has 0 atom stereocenters. The maximum absolute atomic E-state index is 13.5. The normalized spacial score (nSPS) is 9.95. The second-order valence-corrected chi connectivity index (χ2v) is 4.54. The summed E-state index contributed by atoms with van der Waals surface area (Å²) in [6.45, 7) is 0. The fraction of sp³-hybridized carbons (Fsp3) is 0. The number of carboxylic acids is 1. The molecule has 0 fully saturated rings. The second-order valence-electron chi connectivity index (χ2n) is 4.13. The van der Waals surface area contributed by atoms with E-state index in [0.717, 1.165) is 6.07 Å². The van der Waals surface area contributed by atoms with E-state index in [2.05, 4.69) is 5.32 Å². The molecule has 0 spiro atoms. The maximum Gasteiger partial charge on any atom is 0.337 e. The highest BCUT2D eigenvalue weighted by atomic mass is 35.5. The Kier molecular flexibility index (Phi) is 3.96. The lowest BCUT2D eigenvalue weighted by Gasteiger charge is -2.13. The van der Waals surface area contributed by atoms with Crippen LogP contribution in [-0.4, -0.2) is 11.1 Å². The van der Waals surface area contributed by atoms with Crippen molar-refractivity contribution in [3.8, 4) is 6.07 Å². The van der Waals surface area contributed by atoms with Crippen molar-refractivity contribution in [1.29, 1.82) is 5.26 Å². The number of anilines is 3. The van der Waals surface area contributed by atoms with Gasteiger partial charge in [-0.25, -0.2) is 9.18 Å². The lowest BCUT2D eigenvalue weighted by Crippen LogP contribution is -2.06. The molecule has 0 aromatic heterocycles. The minimum absolute atomic E-state index is 0.0421. The molecule has 0 heterocycles. The molecule has 0 saturated carbocycles. The molecule has 2 rings (SSSR count). The Balaban J connectivity index is 2.58. The van der Waals surface area contributed by atoms with Gasteiger partial charge in [0, 0.05) is 5.69 Å². The van der Waals surface area contributed by atoms with E-state index in [1.807, 2.05) is 0 Å². The van der Waals surface area contributed by atoms with Gasteiger partial charge >= 0.3 is 5.97 Å². The summed E-state index contributed by atoms with van der Waals surface area (Å²) in [6, 6.07) is 8.27. The fourth-order valence-corrected chi connectivity index (χ4v) is 2.07. The Morgan fingerprint density at radius 3 is 2.76 bits per heavy atom. The molecule has 5 nitrogen and oxygen atoms in total. The summed E-state index contributed by atoms with van der Waals surface area (Å²) in [5.41, 5.74) is 5.49. The number of nitrogens with zero attached hydrogens (tertiary/aromatic N) is 1. The predicted molar refractivity (Wildman–Crippen MR) is 77.2 cm³/mol. The van der Waals surface area contributed by atoms with Gasteiger partial charge in [-0.05, 0) is 24.3 Å². The van der Waals surface area contributed by atoms with Crippen LogP contribution in [0.5, 0.6) is 0 Å². The van der Waals surface area contributed by atoms with Crippen LogP contribution in [0.2, 0.25) is 5.02 Å². The molecule has 4 N–H and O–H groups in total. The molecule has 0 unspecified atom stereocenters. The van der Waals surface area contributed by atoms with E-state index in [1.165, 1.54) is 24.3 Å². The Morgan fingerprint density at radius 2 is 2.14 bits per heavy atom. The number of benzene rings is 2. The van der Waals surface area contributed by atoms with Crippen LogP contribution in [-0.2, 0) is 0 Å². The third kappa shape index (κ3) is 2.88. The van der Waals surface area contributed by atoms with E-state index >= 15 is 0 Å². The number of nitriles is 1. The SMILES string of the molecule is N#Cc1c(F)cccc1Nc1c(Cl)cc(N)cc1C(=O)O. The predicted octanol–water partition coefficient (Wildman–Crippen LogP) is 3.37. The van der Waals surface area contributed by atoms with Gasteiger partial charge in [0.2, 0.25) is 0 Å². The summed E-state index contributed by atoms with van der Waals surface area (Å²) >= 11 is 5.98. The van der Waals surface area contributed by atoms with Gasteiger partial charge in [-0.2, -0.15) is 5.26 Å². The third-order valence-corrected chi connectivity index (χ3v) is 3.03. The number of nitrogen functional groups attached to an aromatic ring is 1. The molecular weight excluding hydrogens is 297 g/mol. The number of hydrogen-bond donors (Lipinski definition) is 3. The van der Waals surface area contributed by atoms with E-state index in [1.54, 1.807) is 6.07 Å². The van der Waals surface area contributed by atoms with Crippen molar-refractivity contribution in [3.63, 3.8) is 0 Å². The fourth-order valence-electron chi connectivity index (χ4n) is 1.80. The first-order valence-corrected chi connectivity index (χ1v) is 6.09. The van der Waals surface area contributed by atoms with Gasteiger partial charge in [0.05, 0.1) is 22.0 Å². The van der Waals surface area contributed by atoms with Crippen LogP contribution in [0.25, 0.3) is 0 Å². The lowest BCUT2D eigenvalue weighted by atomic mass is 10.1. The highest BCUT2D eigenvalue weighted by molar-refractivity contribution is 6.34. The molecule has 2 aromatic rings. The third-order valence-electron chi connectivity index (χ3n) is 2.73. The lowest BCUT2D eigenvalue weighted by molar-refractivity contribution is 0.0698. The first-order valence-electron chi connectivity index (χ1n) is 5.72. The maximum atomic E-state index is 13.5. The first kappa shape index (κ1) is 14.6. The molecule has 0 aliphatic carbocycles. The van der Waals surface area contributed by atoms with Gasteiger partial charge in [-0.3, -0.25) is 0 Å². The van der Waals surface area contributed by atoms with Gasteiger partial charge in [-0.1, -0.05) is 17.7 Å². The van der Waals surface area contributed by atoms with Crippen LogP contribution in [0.4, 0.5) is 21.5 Å². The minimum atomic E-state index is -1.25. The number of carboxylic acid groups (broad SMARTS) is 1. The van der Waals surface area contributed by atoms with Crippen molar-refractivity contribution in [2.75, 3.05) is 11.1 Å². The van der Waals surface area contributed by atoms with E-state index in [0.29, 0.717) is 0 Å². The quantitative estimate of drug-likeness (QED) is 0.755. The van der Waals surface area contributed by atoms with Gasteiger partial charge in [0.25, 0.3) is 0 Å². The van der Waals surface area contributed by atoms with Gasteiger partial charge in [0.15, 0.2) is 0 Å². The van der Waals surface area contributed by atoms with Gasteiger partial charge in [0.1, 0.15) is 17.4 Å². The van der Waals surface area contributed by atoms with E-state index in [-0.39, 0.29) is 33.2 Å². The molecule has 0 aliphatic rings. The summed E-state index contributed by atoms with van der Waals surface area (Å²) in [4.78, 5) is 11.2. The highest BCUT2D eigenvalue weighted by Gasteiger charge is 2.17. The average molecular weight is 306 g/mol. The van der Waals surface area contributed by atoms with E-state index in [4.69, 9.17) is 22.6 Å². The van der Waals surface area contributed by atoms with E-state index < -0.39 is 11.8 Å². The van der Waals surface area contributed by atoms with E-state index in [9.17, 15) is 14.3 Å². The zero-order valence-corrected chi connectivity index (χ0v) is 11.3. The Hall–Kier alpha value is -2.78. The summed E-state index contributed by atoms with van der Waals surface area (Å²) in [5, 5.41) is 20.9. The largest absolute Gasteiger partial charge is 0.478 e. The second kappa shape index (κ2) is 5.69. The monoisotopic (exact) mass is 305 g/mol. The van der Waals surface area contributed by atoms with Crippen LogP contribution in [0.3, 0.4) is 0 Å². The molecule has 7 heteroatoms. The summed E-state index contributed by atoms with van der Waals surface area (Å²) in [6.07, 6.45) is 0. The Bertz CT molecular complexity index is 772. The number of hydrogen-bond acceptors (Lipinski definition) is 4. The molecule has 21 heavy (non-hydrogen) atoms. The molecule has 0 amide bonds. The van der Waals surface area contributed by atoms with Gasteiger partial charge < -0.3 is 16.2 Å². The zero-order chi connectivity index (χ0) is 15.6. The summed E-state index contributed by atoms with van der Waals surface area (Å²) in [5.74, 6) is -1.97. The average Bonchev–Trinajstić information content (AvgIpc) is 2.41. The number of nitrogens with one attached hydrogen (secondary N) is 1. The van der Waals surface area contributed by atoms with Gasteiger partial charge in [-0.15, -0.1) is 0 Å². The molecule has 0 saturated heterocycles. The Labute approximate surface area is 124 Å². The summed E-state index contributed by atoms with van der Waals surface area (Å²) in [7, 11) is 0. The summed E-state index contributed by atoms with van der Waals surface area (Å²) < 4.78 is 13.5. The first-order chi connectivity index (χ1) is 9.93. The number of aromatic carboxylic acids is 1. The van der Waals surface area contributed by atoms with Crippen molar-refractivity contribution in [2.45, 2.75) is 0 Å². The smallest absolute Gasteiger partial charge is 0.337 e. The van der Waals surface area contributed by atoms with Crippen LogP contribution in [0.1, 0.15) is 15.9 Å². The van der Waals surface area contributed by atoms with Crippen LogP contribution in [0.15, 0.2) is 30.3 Å². The van der Waals surface area contributed by atoms with Crippen molar-refractivity contribution >= 4 is 34.6 Å².